The Morgan fingerprint density at radius 1 is 1.25 bits per heavy atom. The molecule has 3 unspecified atom stereocenters. The van der Waals surface area contributed by atoms with Crippen LogP contribution in [0.3, 0.4) is 0 Å². The third-order valence-electron chi connectivity index (χ3n) is 4.35. The molecule has 1 aromatic carbocycles. The minimum Gasteiger partial charge on any atom is -0.392 e. The first kappa shape index (κ1) is 10.3. The van der Waals surface area contributed by atoms with Crippen molar-refractivity contribution in [1.29, 1.82) is 0 Å². The number of hydrogen-bond acceptors (Lipinski definition) is 1. The fraction of sp³-hybridized carbons (Fsp3) is 0.600. The number of aliphatic hydroxyl groups excluding tert-OH is 1. The summed E-state index contributed by atoms with van der Waals surface area (Å²) in [6, 6.07) is 8.52. The summed E-state index contributed by atoms with van der Waals surface area (Å²) in [6.45, 7) is 2.11. The molecule has 1 nitrogen and oxygen atoms in total. The predicted molar refractivity (Wildman–Crippen MR) is 65.2 cm³/mol. The van der Waals surface area contributed by atoms with E-state index in [2.05, 4.69) is 31.2 Å². The summed E-state index contributed by atoms with van der Waals surface area (Å²) in [5.74, 6) is 2.51. The second kappa shape index (κ2) is 3.89. The standard InChI is InChI=1S/C15H20O/c1-10-3-2-4-11(5-10)6-15(16)14-8-12-7-13(12)9-14/h2-5,12-16H,6-9H2,1H3. The second-order valence-corrected chi connectivity index (χ2v) is 5.75. The van der Waals surface area contributed by atoms with Gasteiger partial charge in [0, 0.05) is 0 Å². The molecule has 3 rings (SSSR count). The monoisotopic (exact) mass is 216 g/mol. The molecular formula is C15H20O. The summed E-state index contributed by atoms with van der Waals surface area (Å²) < 4.78 is 0. The van der Waals surface area contributed by atoms with Crippen molar-refractivity contribution in [3.05, 3.63) is 35.4 Å². The van der Waals surface area contributed by atoms with Gasteiger partial charge in [0.25, 0.3) is 0 Å². The Hall–Kier alpha value is -0.820. The van der Waals surface area contributed by atoms with E-state index in [0.717, 1.165) is 18.3 Å². The molecule has 0 bridgehead atoms. The quantitative estimate of drug-likeness (QED) is 0.823. The molecule has 0 radical (unpaired) electrons. The molecule has 1 N–H and O–H groups in total. The van der Waals surface area contributed by atoms with Crippen molar-refractivity contribution < 1.29 is 5.11 Å². The van der Waals surface area contributed by atoms with Gasteiger partial charge in [-0.2, -0.15) is 0 Å². The minimum atomic E-state index is -0.116. The van der Waals surface area contributed by atoms with Crippen LogP contribution < -0.4 is 0 Å². The number of rotatable bonds is 3. The van der Waals surface area contributed by atoms with Crippen LogP contribution in [0.4, 0.5) is 0 Å². The first-order chi connectivity index (χ1) is 7.72. The lowest BCUT2D eigenvalue weighted by atomic mass is 9.92. The Balaban J connectivity index is 1.61. The molecular weight excluding hydrogens is 196 g/mol. The number of benzene rings is 1. The summed E-state index contributed by atoms with van der Waals surface area (Å²) in [5, 5.41) is 10.2. The number of aliphatic hydroxyl groups is 1. The lowest BCUT2D eigenvalue weighted by Gasteiger charge is -2.19. The van der Waals surface area contributed by atoms with Gasteiger partial charge in [-0.3, -0.25) is 0 Å². The fourth-order valence-corrected chi connectivity index (χ4v) is 3.32. The van der Waals surface area contributed by atoms with Crippen LogP contribution in [0, 0.1) is 24.7 Å². The molecule has 0 aliphatic heterocycles. The van der Waals surface area contributed by atoms with Crippen LogP contribution in [-0.2, 0) is 6.42 Å². The van der Waals surface area contributed by atoms with Crippen molar-refractivity contribution in [3.63, 3.8) is 0 Å². The minimum absolute atomic E-state index is 0.116. The zero-order valence-corrected chi connectivity index (χ0v) is 9.89. The van der Waals surface area contributed by atoms with Gasteiger partial charge >= 0.3 is 0 Å². The van der Waals surface area contributed by atoms with E-state index >= 15 is 0 Å². The topological polar surface area (TPSA) is 20.2 Å². The predicted octanol–water partition coefficient (Wildman–Crippen LogP) is 2.94. The molecule has 2 saturated carbocycles. The summed E-state index contributed by atoms with van der Waals surface area (Å²) in [5.41, 5.74) is 2.58. The molecule has 86 valence electrons. The van der Waals surface area contributed by atoms with Gasteiger partial charge in [0.15, 0.2) is 0 Å². The van der Waals surface area contributed by atoms with Crippen LogP contribution in [0.15, 0.2) is 24.3 Å². The largest absolute Gasteiger partial charge is 0.392 e. The lowest BCUT2D eigenvalue weighted by Crippen LogP contribution is -2.21. The highest BCUT2D eigenvalue weighted by Crippen LogP contribution is 2.55. The third-order valence-corrected chi connectivity index (χ3v) is 4.35. The lowest BCUT2D eigenvalue weighted by molar-refractivity contribution is 0.104. The first-order valence-electron chi connectivity index (χ1n) is 6.46. The Kier molecular flexibility index (Phi) is 2.51. The summed E-state index contributed by atoms with van der Waals surface area (Å²) >= 11 is 0. The van der Waals surface area contributed by atoms with Crippen molar-refractivity contribution in [2.24, 2.45) is 17.8 Å². The van der Waals surface area contributed by atoms with Crippen molar-refractivity contribution >= 4 is 0 Å². The summed E-state index contributed by atoms with van der Waals surface area (Å²) in [7, 11) is 0. The second-order valence-electron chi connectivity index (χ2n) is 5.75. The molecule has 1 heteroatoms. The van der Waals surface area contributed by atoms with Crippen LogP contribution in [0.25, 0.3) is 0 Å². The number of aryl methyl sites for hydroxylation is 1. The highest BCUT2D eigenvalue weighted by atomic mass is 16.3. The molecule has 0 aromatic heterocycles. The van der Waals surface area contributed by atoms with E-state index in [4.69, 9.17) is 0 Å². The van der Waals surface area contributed by atoms with Crippen LogP contribution in [-0.4, -0.2) is 11.2 Å². The zero-order valence-electron chi connectivity index (χ0n) is 9.89. The van der Waals surface area contributed by atoms with E-state index in [9.17, 15) is 5.11 Å². The molecule has 2 fully saturated rings. The molecule has 1 aromatic rings. The Bertz CT molecular complexity index is 375. The smallest absolute Gasteiger partial charge is 0.0608 e. The van der Waals surface area contributed by atoms with Gasteiger partial charge in [0.1, 0.15) is 0 Å². The Morgan fingerprint density at radius 3 is 2.69 bits per heavy atom. The highest BCUT2D eigenvalue weighted by molar-refractivity contribution is 5.23. The van der Waals surface area contributed by atoms with Gasteiger partial charge < -0.3 is 5.11 Å². The SMILES string of the molecule is Cc1cccc(CC(O)C2CC3CC3C2)c1. The molecule has 2 aliphatic carbocycles. The van der Waals surface area contributed by atoms with E-state index in [-0.39, 0.29) is 6.10 Å². The van der Waals surface area contributed by atoms with E-state index in [1.807, 2.05) is 0 Å². The van der Waals surface area contributed by atoms with Gasteiger partial charge in [-0.25, -0.2) is 0 Å². The van der Waals surface area contributed by atoms with Gasteiger partial charge in [-0.1, -0.05) is 29.8 Å². The normalized spacial score (nSPS) is 33.5. The Labute approximate surface area is 97.5 Å². The number of fused-ring (bicyclic) bond motifs is 1. The highest BCUT2D eigenvalue weighted by Gasteiger charge is 2.47. The van der Waals surface area contributed by atoms with Crippen molar-refractivity contribution in [2.45, 2.75) is 38.7 Å². The van der Waals surface area contributed by atoms with Crippen molar-refractivity contribution in [3.8, 4) is 0 Å². The maximum atomic E-state index is 10.2. The van der Waals surface area contributed by atoms with E-state index in [0.29, 0.717) is 5.92 Å². The average Bonchev–Trinajstić information content (AvgIpc) is 2.86. The fourth-order valence-electron chi connectivity index (χ4n) is 3.32. The molecule has 3 atom stereocenters. The zero-order chi connectivity index (χ0) is 11.1. The molecule has 2 aliphatic rings. The molecule has 0 saturated heterocycles. The molecule has 0 spiro atoms. The molecule has 0 amide bonds. The maximum absolute atomic E-state index is 10.2. The summed E-state index contributed by atoms with van der Waals surface area (Å²) in [4.78, 5) is 0. The van der Waals surface area contributed by atoms with Crippen molar-refractivity contribution in [2.75, 3.05) is 0 Å². The van der Waals surface area contributed by atoms with Gasteiger partial charge in [-0.05, 0) is 55.9 Å². The maximum Gasteiger partial charge on any atom is 0.0608 e. The van der Waals surface area contributed by atoms with Gasteiger partial charge in [0.05, 0.1) is 6.10 Å². The van der Waals surface area contributed by atoms with Crippen LogP contribution >= 0.6 is 0 Å². The van der Waals surface area contributed by atoms with Gasteiger partial charge in [-0.15, -0.1) is 0 Å². The first-order valence-corrected chi connectivity index (χ1v) is 6.46. The van der Waals surface area contributed by atoms with Crippen LogP contribution in [0.5, 0.6) is 0 Å². The van der Waals surface area contributed by atoms with Crippen molar-refractivity contribution in [1.82, 2.24) is 0 Å². The number of hydrogen-bond donors (Lipinski definition) is 1. The van der Waals surface area contributed by atoms with Crippen LogP contribution in [0.2, 0.25) is 0 Å². The van der Waals surface area contributed by atoms with Gasteiger partial charge in [0.2, 0.25) is 0 Å². The van der Waals surface area contributed by atoms with E-state index in [1.54, 1.807) is 0 Å². The van der Waals surface area contributed by atoms with E-state index < -0.39 is 0 Å². The average molecular weight is 216 g/mol. The van der Waals surface area contributed by atoms with E-state index in [1.165, 1.54) is 30.4 Å². The molecule has 16 heavy (non-hydrogen) atoms. The molecule has 0 heterocycles. The summed E-state index contributed by atoms with van der Waals surface area (Å²) in [6.07, 6.45) is 4.71. The van der Waals surface area contributed by atoms with Crippen LogP contribution in [0.1, 0.15) is 30.4 Å². The Morgan fingerprint density at radius 2 is 2.00 bits per heavy atom. The third kappa shape index (κ3) is 2.01.